The third-order valence-electron chi connectivity index (χ3n) is 4.45. The molecule has 0 aliphatic rings. The predicted molar refractivity (Wildman–Crippen MR) is 113 cm³/mol. The molecule has 4 atom stereocenters. The molecule has 0 saturated heterocycles. The number of hydrogen-bond donors (Lipinski definition) is 8. The van der Waals surface area contributed by atoms with Crippen molar-refractivity contribution >= 4 is 29.7 Å². The van der Waals surface area contributed by atoms with Gasteiger partial charge in [0, 0.05) is 0 Å². The number of carbonyl (C=O) groups is 5. The smallest absolute Gasteiger partial charge is 0.326 e. The third-order valence-corrected chi connectivity index (χ3v) is 4.45. The van der Waals surface area contributed by atoms with Crippen molar-refractivity contribution in [1.82, 2.24) is 16.0 Å². The molecule has 0 spiro atoms. The van der Waals surface area contributed by atoms with Gasteiger partial charge in [-0.25, -0.2) is 4.79 Å². The number of amides is 3. The predicted octanol–water partition coefficient (Wildman–Crippen LogP) is -2.51. The summed E-state index contributed by atoms with van der Waals surface area (Å²) in [5.41, 5.74) is 10.8. The fraction of sp³-hybridized carbons (Fsp3) is 0.737. The zero-order chi connectivity index (χ0) is 24.8. The van der Waals surface area contributed by atoms with E-state index >= 15 is 0 Å². The van der Waals surface area contributed by atoms with Crippen LogP contribution in [0.3, 0.4) is 0 Å². The van der Waals surface area contributed by atoms with Crippen molar-refractivity contribution in [3.05, 3.63) is 0 Å². The number of hydrogen-bond acceptors (Lipinski definition) is 8. The quantitative estimate of drug-likeness (QED) is 0.112. The van der Waals surface area contributed by atoms with Gasteiger partial charge in [0.1, 0.15) is 24.2 Å². The first-order valence-electron chi connectivity index (χ1n) is 10.3. The molecule has 13 heteroatoms. The number of nitrogens with one attached hydrogen (secondary N) is 3. The van der Waals surface area contributed by atoms with E-state index in [0.29, 0.717) is 19.4 Å². The summed E-state index contributed by atoms with van der Waals surface area (Å²) >= 11 is 0. The Kier molecular flexibility index (Phi) is 13.8. The van der Waals surface area contributed by atoms with Crippen molar-refractivity contribution in [2.45, 2.75) is 70.1 Å². The van der Waals surface area contributed by atoms with E-state index in [0.717, 1.165) is 0 Å². The summed E-state index contributed by atoms with van der Waals surface area (Å²) in [7, 11) is 0. The number of unbranched alkanes of at least 4 members (excludes halogenated alkanes) is 1. The van der Waals surface area contributed by atoms with Gasteiger partial charge in [0.25, 0.3) is 0 Å². The first-order chi connectivity index (χ1) is 14.9. The fourth-order valence-corrected chi connectivity index (χ4v) is 2.74. The number of aliphatic hydroxyl groups is 1. The van der Waals surface area contributed by atoms with E-state index in [1.165, 1.54) is 0 Å². The molecule has 10 N–H and O–H groups in total. The van der Waals surface area contributed by atoms with Gasteiger partial charge in [-0.15, -0.1) is 0 Å². The van der Waals surface area contributed by atoms with Gasteiger partial charge in [0.15, 0.2) is 0 Å². The average molecular weight is 462 g/mol. The first-order valence-corrected chi connectivity index (χ1v) is 10.3. The molecule has 0 aromatic heterocycles. The zero-order valence-corrected chi connectivity index (χ0v) is 18.4. The second-order valence-corrected chi connectivity index (χ2v) is 7.82. The lowest BCUT2D eigenvalue weighted by atomic mass is 10.0. The molecule has 0 aliphatic heterocycles. The topological polar surface area (TPSA) is 234 Å². The van der Waals surface area contributed by atoms with Gasteiger partial charge < -0.3 is 42.7 Å². The van der Waals surface area contributed by atoms with E-state index in [9.17, 15) is 29.1 Å². The van der Waals surface area contributed by atoms with E-state index < -0.39 is 66.9 Å². The van der Waals surface area contributed by atoms with Crippen LogP contribution >= 0.6 is 0 Å². The van der Waals surface area contributed by atoms with Crippen LogP contribution in [-0.4, -0.2) is 82.3 Å². The van der Waals surface area contributed by atoms with Crippen molar-refractivity contribution in [3.8, 4) is 0 Å². The fourth-order valence-electron chi connectivity index (χ4n) is 2.74. The Morgan fingerprint density at radius 3 is 1.84 bits per heavy atom. The second kappa shape index (κ2) is 15.1. The summed E-state index contributed by atoms with van der Waals surface area (Å²) in [4.78, 5) is 59.9. The van der Waals surface area contributed by atoms with Crippen LogP contribution in [0.2, 0.25) is 0 Å². The number of aliphatic carboxylic acids is 2. The average Bonchev–Trinajstić information content (AvgIpc) is 2.70. The van der Waals surface area contributed by atoms with Gasteiger partial charge in [-0.3, -0.25) is 19.2 Å². The molecule has 32 heavy (non-hydrogen) atoms. The van der Waals surface area contributed by atoms with E-state index in [1.807, 2.05) is 0 Å². The normalized spacial score (nSPS) is 14.7. The van der Waals surface area contributed by atoms with Crippen molar-refractivity contribution < 1.29 is 39.3 Å². The molecule has 0 radical (unpaired) electrons. The van der Waals surface area contributed by atoms with E-state index in [-0.39, 0.29) is 18.8 Å². The summed E-state index contributed by atoms with van der Waals surface area (Å²) < 4.78 is 0. The first kappa shape index (κ1) is 29.2. The maximum absolute atomic E-state index is 12.7. The maximum Gasteiger partial charge on any atom is 0.326 e. The molecule has 0 rings (SSSR count). The highest BCUT2D eigenvalue weighted by Crippen LogP contribution is 2.07. The summed E-state index contributed by atoms with van der Waals surface area (Å²) in [6.07, 6.45) is 0.398. The molecule has 0 bridgehead atoms. The Morgan fingerprint density at radius 1 is 0.844 bits per heavy atom. The molecule has 0 saturated carbocycles. The van der Waals surface area contributed by atoms with Gasteiger partial charge >= 0.3 is 11.9 Å². The standard InChI is InChI=1S/C19H35N5O8/c1-10(2)7-13(23-16(28)11(21)9-25)17(29)24-14(8-15(26)27)18(30)22-12(19(31)32)5-3-4-6-20/h10-14,25H,3-9,20-21H2,1-2H3,(H,22,30)(H,23,28)(H,24,29)(H,26,27)(H,31,32). The summed E-state index contributed by atoms with van der Waals surface area (Å²) in [5.74, 6) is -5.39. The Hall–Kier alpha value is -2.77. The second-order valence-electron chi connectivity index (χ2n) is 7.82. The zero-order valence-electron chi connectivity index (χ0n) is 18.4. The highest BCUT2D eigenvalue weighted by molar-refractivity contribution is 5.95. The number of carboxylic acid groups (broad SMARTS) is 2. The monoisotopic (exact) mass is 461 g/mol. The summed E-state index contributed by atoms with van der Waals surface area (Å²) in [5, 5.41) is 34.3. The van der Waals surface area contributed by atoms with Crippen LogP contribution in [0.5, 0.6) is 0 Å². The number of aliphatic hydroxyl groups excluding tert-OH is 1. The molecule has 4 unspecified atom stereocenters. The molecule has 0 fully saturated rings. The van der Waals surface area contributed by atoms with Crippen molar-refractivity contribution in [3.63, 3.8) is 0 Å². The Balaban J connectivity index is 5.42. The van der Waals surface area contributed by atoms with Crippen LogP contribution in [0.25, 0.3) is 0 Å². The minimum Gasteiger partial charge on any atom is -0.481 e. The molecule has 3 amide bonds. The van der Waals surface area contributed by atoms with E-state index in [4.69, 9.17) is 21.7 Å². The van der Waals surface area contributed by atoms with Crippen molar-refractivity contribution in [2.24, 2.45) is 17.4 Å². The van der Waals surface area contributed by atoms with E-state index in [2.05, 4.69) is 16.0 Å². The molecular formula is C19H35N5O8. The molecule has 0 aromatic rings. The lowest BCUT2D eigenvalue weighted by Gasteiger charge is -2.25. The minimum absolute atomic E-state index is 0.0675. The molecule has 0 aromatic carbocycles. The molecule has 0 heterocycles. The maximum atomic E-state index is 12.7. The number of carboxylic acids is 2. The largest absolute Gasteiger partial charge is 0.481 e. The van der Waals surface area contributed by atoms with Gasteiger partial charge in [-0.2, -0.15) is 0 Å². The van der Waals surface area contributed by atoms with Crippen LogP contribution in [0.15, 0.2) is 0 Å². The van der Waals surface area contributed by atoms with Crippen LogP contribution in [-0.2, 0) is 24.0 Å². The third kappa shape index (κ3) is 11.6. The minimum atomic E-state index is -1.57. The van der Waals surface area contributed by atoms with Crippen LogP contribution in [0, 0.1) is 5.92 Å². The molecule has 0 aliphatic carbocycles. The molecule has 13 nitrogen and oxygen atoms in total. The summed E-state index contributed by atoms with van der Waals surface area (Å²) in [6, 6.07) is -5.27. The Bertz CT molecular complexity index is 658. The SMILES string of the molecule is CC(C)CC(NC(=O)C(N)CO)C(=O)NC(CC(=O)O)C(=O)NC(CCCCN)C(=O)O. The van der Waals surface area contributed by atoms with Crippen LogP contribution < -0.4 is 27.4 Å². The summed E-state index contributed by atoms with van der Waals surface area (Å²) in [6.45, 7) is 3.25. The number of carbonyl (C=O) groups excluding carboxylic acids is 3. The van der Waals surface area contributed by atoms with Crippen LogP contribution in [0.1, 0.15) is 46.0 Å². The number of rotatable bonds is 16. The Morgan fingerprint density at radius 2 is 1.38 bits per heavy atom. The van der Waals surface area contributed by atoms with Crippen LogP contribution in [0.4, 0.5) is 0 Å². The van der Waals surface area contributed by atoms with Crippen molar-refractivity contribution in [2.75, 3.05) is 13.2 Å². The lowest BCUT2D eigenvalue weighted by Crippen LogP contribution is -2.58. The molecule has 184 valence electrons. The van der Waals surface area contributed by atoms with Gasteiger partial charge in [0.2, 0.25) is 17.7 Å². The highest BCUT2D eigenvalue weighted by atomic mass is 16.4. The highest BCUT2D eigenvalue weighted by Gasteiger charge is 2.31. The molecular weight excluding hydrogens is 426 g/mol. The van der Waals surface area contributed by atoms with Gasteiger partial charge in [-0.1, -0.05) is 13.8 Å². The van der Waals surface area contributed by atoms with Gasteiger partial charge in [-0.05, 0) is 38.1 Å². The number of nitrogens with two attached hydrogens (primary N) is 2. The van der Waals surface area contributed by atoms with Crippen molar-refractivity contribution in [1.29, 1.82) is 0 Å². The lowest BCUT2D eigenvalue weighted by molar-refractivity contribution is -0.144. The Labute approximate surface area is 186 Å². The van der Waals surface area contributed by atoms with Gasteiger partial charge in [0.05, 0.1) is 13.0 Å². The van der Waals surface area contributed by atoms with E-state index in [1.54, 1.807) is 13.8 Å².